The predicted octanol–water partition coefficient (Wildman–Crippen LogP) is -0.340. The van der Waals surface area contributed by atoms with Crippen LogP contribution in [0.15, 0.2) is 0 Å². The maximum Gasteiger partial charge on any atom is 0.237 e. The molecule has 0 spiro atoms. The molecule has 0 radical (unpaired) electrons. The molecular weight excluding hydrogens is 208 g/mol. The van der Waals surface area contributed by atoms with E-state index in [1.807, 2.05) is 0 Å². The molecule has 0 saturated carbocycles. The predicted molar refractivity (Wildman–Crippen MR) is 59.2 cm³/mol. The van der Waals surface area contributed by atoms with Gasteiger partial charge >= 0.3 is 0 Å². The van der Waals surface area contributed by atoms with E-state index in [0.717, 1.165) is 25.8 Å². The fourth-order valence-corrected chi connectivity index (χ4v) is 2.24. The number of nitrogens with one attached hydrogen (secondary N) is 2. The minimum Gasteiger partial charge on any atom is -0.378 e. The van der Waals surface area contributed by atoms with Crippen molar-refractivity contribution in [3.63, 3.8) is 0 Å². The number of carbonyl (C=O) groups is 1. The molecule has 1 amide bonds. The van der Waals surface area contributed by atoms with Gasteiger partial charge in [0.15, 0.2) is 0 Å². The highest BCUT2D eigenvalue weighted by Gasteiger charge is 2.36. The van der Waals surface area contributed by atoms with Crippen LogP contribution < -0.4 is 10.6 Å². The van der Waals surface area contributed by atoms with Gasteiger partial charge in [0.25, 0.3) is 0 Å². The van der Waals surface area contributed by atoms with Gasteiger partial charge in [-0.25, -0.2) is 0 Å². The van der Waals surface area contributed by atoms with Crippen LogP contribution in [0.1, 0.15) is 19.3 Å². The van der Waals surface area contributed by atoms with Crippen molar-refractivity contribution in [2.75, 3.05) is 33.4 Å². The lowest BCUT2D eigenvalue weighted by molar-refractivity contribution is -0.124. The third-order valence-corrected chi connectivity index (χ3v) is 3.46. The average molecular weight is 228 g/mol. The summed E-state index contributed by atoms with van der Waals surface area (Å²) in [5.41, 5.74) is -0.311. The molecular formula is C11H20N2O3. The molecule has 2 heterocycles. The summed E-state index contributed by atoms with van der Waals surface area (Å²) in [6.07, 6.45) is 2.86. The van der Waals surface area contributed by atoms with Crippen LogP contribution in [0, 0.1) is 0 Å². The number of hydrogen-bond acceptors (Lipinski definition) is 4. The molecule has 2 fully saturated rings. The van der Waals surface area contributed by atoms with Gasteiger partial charge in [0.1, 0.15) is 5.60 Å². The SMILES string of the molecule is COC1(CNC(=O)C2CCCN2)CCOC1. The van der Waals surface area contributed by atoms with E-state index in [2.05, 4.69) is 10.6 Å². The van der Waals surface area contributed by atoms with E-state index in [4.69, 9.17) is 9.47 Å². The van der Waals surface area contributed by atoms with Crippen LogP contribution in [0.2, 0.25) is 0 Å². The first-order chi connectivity index (χ1) is 7.76. The van der Waals surface area contributed by atoms with E-state index in [0.29, 0.717) is 19.8 Å². The van der Waals surface area contributed by atoms with E-state index >= 15 is 0 Å². The van der Waals surface area contributed by atoms with Crippen molar-refractivity contribution in [2.24, 2.45) is 0 Å². The van der Waals surface area contributed by atoms with Gasteiger partial charge in [0.05, 0.1) is 12.6 Å². The molecule has 0 bridgehead atoms. The van der Waals surface area contributed by atoms with Crippen LogP contribution in [0.3, 0.4) is 0 Å². The summed E-state index contributed by atoms with van der Waals surface area (Å²) in [6, 6.07) is -0.0174. The van der Waals surface area contributed by atoms with Gasteiger partial charge in [-0.15, -0.1) is 0 Å². The molecule has 2 unspecified atom stereocenters. The average Bonchev–Trinajstić information content (AvgIpc) is 2.98. The third kappa shape index (κ3) is 2.53. The number of rotatable bonds is 4. The molecule has 2 N–H and O–H groups in total. The summed E-state index contributed by atoms with van der Waals surface area (Å²) < 4.78 is 10.8. The third-order valence-electron chi connectivity index (χ3n) is 3.46. The Kier molecular flexibility index (Phi) is 3.78. The molecule has 0 aromatic rings. The normalized spacial score (nSPS) is 34.2. The Bertz CT molecular complexity index is 246. The fraction of sp³-hybridized carbons (Fsp3) is 0.909. The van der Waals surface area contributed by atoms with Crippen LogP contribution in [0.25, 0.3) is 0 Å². The standard InChI is InChI=1S/C11H20N2O3/c1-15-11(4-6-16-8-11)7-13-10(14)9-3-2-5-12-9/h9,12H,2-8H2,1H3,(H,13,14). The van der Waals surface area contributed by atoms with Gasteiger partial charge in [-0.2, -0.15) is 0 Å². The van der Waals surface area contributed by atoms with Crippen LogP contribution in [0.5, 0.6) is 0 Å². The molecule has 2 aliphatic heterocycles. The lowest BCUT2D eigenvalue weighted by Crippen LogP contribution is -2.49. The van der Waals surface area contributed by atoms with Crippen molar-refractivity contribution in [3.8, 4) is 0 Å². The van der Waals surface area contributed by atoms with Crippen molar-refractivity contribution in [3.05, 3.63) is 0 Å². The molecule has 0 aromatic carbocycles. The molecule has 92 valence electrons. The highest BCUT2D eigenvalue weighted by atomic mass is 16.5. The molecule has 5 heteroatoms. The molecule has 2 aliphatic rings. The van der Waals surface area contributed by atoms with Gasteiger partial charge < -0.3 is 20.1 Å². The minimum atomic E-state index is -0.311. The van der Waals surface area contributed by atoms with Crippen molar-refractivity contribution >= 4 is 5.91 Å². The quantitative estimate of drug-likeness (QED) is 0.691. The maximum absolute atomic E-state index is 11.8. The number of hydrogen-bond donors (Lipinski definition) is 2. The Morgan fingerprint density at radius 3 is 3.12 bits per heavy atom. The van der Waals surface area contributed by atoms with Crippen molar-refractivity contribution in [2.45, 2.75) is 30.9 Å². The molecule has 2 atom stereocenters. The highest BCUT2D eigenvalue weighted by molar-refractivity contribution is 5.82. The fourth-order valence-electron chi connectivity index (χ4n) is 2.24. The zero-order chi connectivity index (χ0) is 11.4. The summed E-state index contributed by atoms with van der Waals surface area (Å²) in [5.74, 6) is 0.0841. The first-order valence-electron chi connectivity index (χ1n) is 5.90. The number of carbonyl (C=O) groups excluding carboxylic acids is 1. The zero-order valence-electron chi connectivity index (χ0n) is 9.75. The Labute approximate surface area is 95.9 Å². The number of amides is 1. The van der Waals surface area contributed by atoms with Gasteiger partial charge in [-0.1, -0.05) is 0 Å². The molecule has 5 nitrogen and oxygen atoms in total. The van der Waals surface area contributed by atoms with Crippen molar-refractivity contribution in [1.82, 2.24) is 10.6 Å². The van der Waals surface area contributed by atoms with Gasteiger partial charge in [0.2, 0.25) is 5.91 Å². The van der Waals surface area contributed by atoms with Crippen LogP contribution >= 0.6 is 0 Å². The van der Waals surface area contributed by atoms with Gasteiger partial charge in [-0.05, 0) is 19.4 Å². The number of ether oxygens (including phenoxy) is 2. The molecule has 2 rings (SSSR count). The smallest absolute Gasteiger partial charge is 0.237 e. The monoisotopic (exact) mass is 228 g/mol. The zero-order valence-corrected chi connectivity index (χ0v) is 9.75. The Balaban J connectivity index is 1.79. The lowest BCUT2D eigenvalue weighted by Gasteiger charge is -2.26. The summed E-state index contributed by atoms with van der Waals surface area (Å²) in [4.78, 5) is 11.8. The summed E-state index contributed by atoms with van der Waals surface area (Å²) in [6.45, 7) is 2.77. The molecule has 0 aromatic heterocycles. The van der Waals surface area contributed by atoms with E-state index < -0.39 is 0 Å². The van der Waals surface area contributed by atoms with Crippen LogP contribution in [0.4, 0.5) is 0 Å². The van der Waals surface area contributed by atoms with Crippen molar-refractivity contribution < 1.29 is 14.3 Å². The Hall–Kier alpha value is -0.650. The lowest BCUT2D eigenvalue weighted by atomic mass is 10.0. The van der Waals surface area contributed by atoms with E-state index in [-0.39, 0.29) is 17.6 Å². The largest absolute Gasteiger partial charge is 0.378 e. The van der Waals surface area contributed by atoms with Crippen molar-refractivity contribution in [1.29, 1.82) is 0 Å². The Morgan fingerprint density at radius 1 is 1.69 bits per heavy atom. The number of methoxy groups -OCH3 is 1. The second-order valence-electron chi connectivity index (χ2n) is 4.56. The summed E-state index contributed by atoms with van der Waals surface area (Å²) in [5, 5.41) is 6.13. The topological polar surface area (TPSA) is 59.6 Å². The van der Waals surface area contributed by atoms with E-state index in [9.17, 15) is 4.79 Å². The van der Waals surface area contributed by atoms with E-state index in [1.165, 1.54) is 0 Å². The summed E-state index contributed by atoms with van der Waals surface area (Å²) >= 11 is 0. The second kappa shape index (κ2) is 5.12. The Morgan fingerprint density at radius 2 is 2.56 bits per heavy atom. The van der Waals surface area contributed by atoms with Crippen LogP contribution in [-0.2, 0) is 14.3 Å². The molecule has 0 aliphatic carbocycles. The maximum atomic E-state index is 11.8. The first kappa shape index (κ1) is 11.8. The van der Waals surface area contributed by atoms with E-state index in [1.54, 1.807) is 7.11 Å². The second-order valence-corrected chi connectivity index (χ2v) is 4.56. The van der Waals surface area contributed by atoms with Crippen LogP contribution in [-0.4, -0.2) is 51.0 Å². The highest BCUT2D eigenvalue weighted by Crippen LogP contribution is 2.21. The first-order valence-corrected chi connectivity index (χ1v) is 5.90. The molecule has 2 saturated heterocycles. The minimum absolute atomic E-state index is 0.0174. The molecule has 16 heavy (non-hydrogen) atoms. The van der Waals surface area contributed by atoms with Gasteiger partial charge in [-0.3, -0.25) is 4.79 Å². The van der Waals surface area contributed by atoms with Gasteiger partial charge in [0, 0.05) is 26.7 Å². The summed E-state index contributed by atoms with van der Waals surface area (Å²) in [7, 11) is 1.68.